The zero-order valence-corrected chi connectivity index (χ0v) is 11.1. The fraction of sp³-hybridized carbons (Fsp3) is 0.667. The molecular weight excluding hydrogens is 236 g/mol. The smallest absolute Gasteiger partial charge is 0.149 e. The maximum Gasteiger partial charge on any atom is 0.149 e. The molecule has 0 amide bonds. The van der Waals surface area contributed by atoms with E-state index in [2.05, 4.69) is 34.0 Å². The molecule has 1 aromatic heterocycles. The van der Waals surface area contributed by atoms with Gasteiger partial charge in [-0.1, -0.05) is 11.6 Å². The first-order chi connectivity index (χ1) is 8.15. The summed E-state index contributed by atoms with van der Waals surface area (Å²) in [6, 6.07) is 1.12. The van der Waals surface area contributed by atoms with E-state index in [4.69, 9.17) is 11.6 Å². The van der Waals surface area contributed by atoms with Gasteiger partial charge < -0.3 is 10.2 Å². The molecule has 2 heterocycles. The topological polar surface area (TPSA) is 41.0 Å². The molecule has 1 N–H and O–H groups in total. The molecule has 0 unspecified atom stereocenters. The van der Waals surface area contributed by atoms with Gasteiger partial charge in [0.15, 0.2) is 0 Å². The van der Waals surface area contributed by atoms with Crippen LogP contribution in [0.25, 0.3) is 0 Å². The minimum atomic E-state index is 0.439. The molecule has 2 rings (SSSR count). The summed E-state index contributed by atoms with van der Waals surface area (Å²) in [5.74, 6) is 0.778. The average Bonchev–Trinajstić information content (AvgIpc) is 2.29. The van der Waals surface area contributed by atoms with Gasteiger partial charge in [-0.05, 0) is 26.7 Å². The second-order valence-corrected chi connectivity index (χ2v) is 5.16. The van der Waals surface area contributed by atoms with Gasteiger partial charge >= 0.3 is 0 Å². The maximum atomic E-state index is 5.81. The number of halogens is 1. The van der Waals surface area contributed by atoms with E-state index >= 15 is 0 Å². The van der Waals surface area contributed by atoms with Crippen molar-refractivity contribution in [1.82, 2.24) is 14.9 Å². The standard InChI is InChI=1S/C12H19ClN4/c1-9(2)17-5-3-10(4-6-17)15-12-8-14-7-11(13)16-12/h7-10H,3-6H2,1-2H3,(H,15,16). The van der Waals surface area contributed by atoms with Crippen LogP contribution in [0, 0.1) is 0 Å². The second kappa shape index (κ2) is 5.65. The molecule has 1 aliphatic rings. The molecule has 0 saturated carbocycles. The van der Waals surface area contributed by atoms with Crippen LogP contribution < -0.4 is 5.32 Å². The molecule has 1 fully saturated rings. The van der Waals surface area contributed by atoms with Crippen molar-refractivity contribution in [2.75, 3.05) is 18.4 Å². The van der Waals surface area contributed by atoms with Gasteiger partial charge in [-0.15, -0.1) is 0 Å². The lowest BCUT2D eigenvalue weighted by atomic mass is 10.0. The summed E-state index contributed by atoms with van der Waals surface area (Å²) < 4.78 is 0. The lowest BCUT2D eigenvalue weighted by Crippen LogP contribution is -2.42. The molecule has 0 atom stereocenters. The predicted octanol–water partition coefficient (Wildman–Crippen LogP) is 2.41. The van der Waals surface area contributed by atoms with Crippen molar-refractivity contribution in [3.05, 3.63) is 17.5 Å². The summed E-state index contributed by atoms with van der Waals surface area (Å²) in [4.78, 5) is 10.7. The van der Waals surface area contributed by atoms with Gasteiger partial charge in [-0.2, -0.15) is 0 Å². The van der Waals surface area contributed by atoms with Crippen molar-refractivity contribution >= 4 is 17.4 Å². The molecule has 0 aliphatic carbocycles. The third kappa shape index (κ3) is 3.54. The first-order valence-electron chi connectivity index (χ1n) is 6.13. The van der Waals surface area contributed by atoms with Crippen LogP contribution in [0.15, 0.2) is 12.4 Å². The lowest BCUT2D eigenvalue weighted by Gasteiger charge is -2.35. The SMILES string of the molecule is CC(C)N1CCC(Nc2cncc(Cl)n2)CC1. The molecule has 17 heavy (non-hydrogen) atoms. The van der Waals surface area contributed by atoms with Gasteiger partial charge in [0.25, 0.3) is 0 Å². The minimum Gasteiger partial charge on any atom is -0.366 e. The highest BCUT2D eigenvalue weighted by Crippen LogP contribution is 2.17. The van der Waals surface area contributed by atoms with Crippen LogP contribution in [0.4, 0.5) is 5.82 Å². The normalized spacial score (nSPS) is 18.6. The Kier molecular flexibility index (Phi) is 4.18. The number of likely N-dealkylation sites (tertiary alicyclic amines) is 1. The quantitative estimate of drug-likeness (QED) is 0.900. The van der Waals surface area contributed by atoms with Gasteiger partial charge in [0.05, 0.1) is 12.4 Å². The Hall–Kier alpha value is -0.870. The van der Waals surface area contributed by atoms with Crippen LogP contribution in [0.2, 0.25) is 5.15 Å². The summed E-state index contributed by atoms with van der Waals surface area (Å²) in [6.45, 7) is 6.78. The number of hydrogen-bond acceptors (Lipinski definition) is 4. The summed E-state index contributed by atoms with van der Waals surface area (Å²) in [5, 5.41) is 3.84. The van der Waals surface area contributed by atoms with Crippen molar-refractivity contribution in [3.63, 3.8) is 0 Å². The van der Waals surface area contributed by atoms with Crippen LogP contribution in [-0.4, -0.2) is 40.0 Å². The van der Waals surface area contributed by atoms with E-state index in [1.165, 1.54) is 0 Å². The average molecular weight is 255 g/mol. The number of anilines is 1. The zero-order chi connectivity index (χ0) is 12.3. The Morgan fingerprint density at radius 3 is 2.65 bits per heavy atom. The molecule has 94 valence electrons. The highest BCUT2D eigenvalue weighted by atomic mass is 35.5. The number of piperidine rings is 1. The monoisotopic (exact) mass is 254 g/mol. The third-order valence-corrected chi connectivity index (χ3v) is 3.40. The number of aromatic nitrogens is 2. The van der Waals surface area contributed by atoms with Gasteiger partial charge in [-0.3, -0.25) is 4.98 Å². The molecule has 0 aromatic carbocycles. The summed E-state index contributed by atoms with van der Waals surface area (Å²) in [5.41, 5.74) is 0. The van der Waals surface area contributed by atoms with E-state index in [-0.39, 0.29) is 0 Å². The third-order valence-electron chi connectivity index (χ3n) is 3.22. The Morgan fingerprint density at radius 1 is 1.35 bits per heavy atom. The van der Waals surface area contributed by atoms with E-state index in [1.54, 1.807) is 12.4 Å². The predicted molar refractivity (Wildman–Crippen MR) is 70.4 cm³/mol. The summed E-state index contributed by atoms with van der Waals surface area (Å²) >= 11 is 5.81. The molecule has 1 saturated heterocycles. The number of rotatable bonds is 3. The Morgan fingerprint density at radius 2 is 2.06 bits per heavy atom. The van der Waals surface area contributed by atoms with Crippen LogP contribution in [0.3, 0.4) is 0 Å². The highest BCUT2D eigenvalue weighted by molar-refractivity contribution is 6.29. The zero-order valence-electron chi connectivity index (χ0n) is 10.4. The van der Waals surface area contributed by atoms with E-state index in [9.17, 15) is 0 Å². The minimum absolute atomic E-state index is 0.439. The van der Waals surface area contributed by atoms with Crippen molar-refractivity contribution in [2.24, 2.45) is 0 Å². The van der Waals surface area contributed by atoms with Crippen molar-refractivity contribution < 1.29 is 0 Å². The first-order valence-corrected chi connectivity index (χ1v) is 6.51. The molecule has 5 heteroatoms. The van der Waals surface area contributed by atoms with E-state index in [0.717, 1.165) is 31.7 Å². The molecule has 1 aromatic rings. The van der Waals surface area contributed by atoms with Crippen LogP contribution >= 0.6 is 11.6 Å². The number of nitrogens with one attached hydrogen (secondary N) is 1. The molecule has 4 nitrogen and oxygen atoms in total. The number of hydrogen-bond donors (Lipinski definition) is 1. The van der Waals surface area contributed by atoms with E-state index in [1.807, 2.05) is 0 Å². The Bertz CT molecular complexity index is 361. The first kappa shape index (κ1) is 12.6. The molecule has 1 aliphatic heterocycles. The van der Waals surface area contributed by atoms with Crippen molar-refractivity contribution in [3.8, 4) is 0 Å². The highest BCUT2D eigenvalue weighted by Gasteiger charge is 2.20. The fourth-order valence-electron chi connectivity index (χ4n) is 2.18. The van der Waals surface area contributed by atoms with Crippen LogP contribution in [0.1, 0.15) is 26.7 Å². The van der Waals surface area contributed by atoms with Crippen LogP contribution in [0.5, 0.6) is 0 Å². The maximum absolute atomic E-state index is 5.81. The Balaban J connectivity index is 1.86. The van der Waals surface area contributed by atoms with Gasteiger partial charge in [0.1, 0.15) is 11.0 Å². The fourth-order valence-corrected chi connectivity index (χ4v) is 2.33. The van der Waals surface area contributed by atoms with Gasteiger partial charge in [0, 0.05) is 25.2 Å². The lowest BCUT2D eigenvalue weighted by molar-refractivity contribution is 0.177. The largest absolute Gasteiger partial charge is 0.366 e. The Labute approximate surface area is 107 Å². The van der Waals surface area contributed by atoms with Crippen molar-refractivity contribution in [1.29, 1.82) is 0 Å². The van der Waals surface area contributed by atoms with E-state index in [0.29, 0.717) is 17.2 Å². The summed E-state index contributed by atoms with van der Waals surface area (Å²) in [6.07, 6.45) is 5.56. The number of nitrogens with zero attached hydrogens (tertiary/aromatic N) is 3. The summed E-state index contributed by atoms with van der Waals surface area (Å²) in [7, 11) is 0. The molecule has 0 radical (unpaired) electrons. The van der Waals surface area contributed by atoms with Gasteiger partial charge in [0.2, 0.25) is 0 Å². The van der Waals surface area contributed by atoms with Gasteiger partial charge in [-0.25, -0.2) is 4.98 Å². The van der Waals surface area contributed by atoms with E-state index < -0.39 is 0 Å². The molecule has 0 spiro atoms. The van der Waals surface area contributed by atoms with Crippen molar-refractivity contribution in [2.45, 2.75) is 38.8 Å². The molecular formula is C12H19ClN4. The molecule has 0 bridgehead atoms. The second-order valence-electron chi connectivity index (χ2n) is 4.78. The van der Waals surface area contributed by atoms with Crippen LogP contribution in [-0.2, 0) is 0 Å².